The van der Waals surface area contributed by atoms with E-state index in [0.717, 1.165) is 23.5 Å². The van der Waals surface area contributed by atoms with Crippen LogP contribution < -0.4 is 15.6 Å². The van der Waals surface area contributed by atoms with E-state index in [0.29, 0.717) is 15.9 Å². The molecule has 3 N–H and O–H groups in total. The minimum atomic E-state index is -4.23. The molecule has 2 amide bonds. The van der Waals surface area contributed by atoms with Crippen LogP contribution in [0.1, 0.15) is 0 Å². The van der Waals surface area contributed by atoms with Gasteiger partial charge in [0.05, 0.1) is 10.0 Å². The van der Waals surface area contributed by atoms with Crippen molar-refractivity contribution >= 4 is 44.7 Å². The molecule has 0 saturated carbocycles. The fourth-order valence-electron chi connectivity index (χ4n) is 2.95. The number of hydrogen-bond donors (Lipinski definition) is 3. The molecule has 33 heavy (non-hydrogen) atoms. The first-order valence-electron chi connectivity index (χ1n) is 9.10. The summed E-state index contributed by atoms with van der Waals surface area (Å²) in [7, 11) is -4.23. The molecule has 0 radical (unpaired) electrons. The maximum absolute atomic E-state index is 14.7. The molecule has 0 aliphatic rings. The second kappa shape index (κ2) is 8.81. The van der Waals surface area contributed by atoms with Crippen molar-refractivity contribution in [1.82, 2.24) is 14.5 Å². The molecule has 0 aliphatic heterocycles. The Balaban J connectivity index is 1.58. The number of carbonyl (C=O) groups excluding carboxylic acids is 1. The summed E-state index contributed by atoms with van der Waals surface area (Å²) in [5.41, 5.74) is -0.773. The fraction of sp³-hybridized carbons (Fsp3) is 0. The summed E-state index contributed by atoms with van der Waals surface area (Å²) in [6.07, 6.45) is 0. The van der Waals surface area contributed by atoms with Gasteiger partial charge in [-0.1, -0.05) is 41.9 Å². The SMILES string of the molecule is O=C(Nc1cc(F)c(-n2[nH]c(-c3ccccc3)cc2=O)c(F)c1)NS(=O)(=O)c1ccc(Cl)s1. The number of nitrogens with zero attached hydrogens (tertiary/aromatic N) is 1. The highest BCUT2D eigenvalue weighted by Gasteiger charge is 2.22. The molecule has 8 nitrogen and oxygen atoms in total. The van der Waals surface area contributed by atoms with Crippen LogP contribution in [0.2, 0.25) is 4.34 Å². The first-order chi connectivity index (χ1) is 15.6. The zero-order chi connectivity index (χ0) is 23.8. The van der Waals surface area contributed by atoms with Crippen molar-refractivity contribution in [3.63, 3.8) is 0 Å². The normalized spacial score (nSPS) is 11.4. The highest BCUT2D eigenvalue weighted by atomic mass is 35.5. The van der Waals surface area contributed by atoms with Gasteiger partial charge in [0.15, 0.2) is 11.6 Å². The van der Waals surface area contributed by atoms with E-state index in [2.05, 4.69) is 5.10 Å². The lowest BCUT2D eigenvalue weighted by Crippen LogP contribution is -2.34. The number of aromatic nitrogens is 2. The van der Waals surface area contributed by atoms with Gasteiger partial charge in [-0.15, -0.1) is 11.3 Å². The largest absolute Gasteiger partial charge is 0.333 e. The van der Waals surface area contributed by atoms with Crippen LogP contribution in [0.4, 0.5) is 19.3 Å². The van der Waals surface area contributed by atoms with Gasteiger partial charge in [-0.05, 0) is 29.8 Å². The van der Waals surface area contributed by atoms with E-state index >= 15 is 0 Å². The molecule has 0 bridgehead atoms. The number of sulfonamides is 1. The Morgan fingerprint density at radius 2 is 1.70 bits per heavy atom. The summed E-state index contributed by atoms with van der Waals surface area (Å²) < 4.78 is 56.2. The number of carbonyl (C=O) groups is 1. The van der Waals surface area contributed by atoms with E-state index in [1.807, 2.05) is 5.32 Å². The number of rotatable bonds is 5. The average molecular weight is 511 g/mol. The molecule has 0 aliphatic carbocycles. The third-order valence-electron chi connectivity index (χ3n) is 4.34. The summed E-state index contributed by atoms with van der Waals surface area (Å²) in [5.74, 6) is -2.33. The Kier molecular flexibility index (Phi) is 6.06. The molecular weight excluding hydrogens is 498 g/mol. The van der Waals surface area contributed by atoms with Crippen LogP contribution in [0, 0.1) is 11.6 Å². The van der Waals surface area contributed by atoms with Gasteiger partial charge in [-0.25, -0.2) is 31.4 Å². The van der Waals surface area contributed by atoms with E-state index in [9.17, 15) is 26.8 Å². The predicted molar refractivity (Wildman–Crippen MR) is 120 cm³/mol. The molecule has 0 atom stereocenters. The number of H-pyrrole nitrogens is 1. The van der Waals surface area contributed by atoms with Gasteiger partial charge in [-0.3, -0.25) is 9.89 Å². The number of thiophene rings is 1. The van der Waals surface area contributed by atoms with Crippen LogP contribution >= 0.6 is 22.9 Å². The Morgan fingerprint density at radius 1 is 1.03 bits per heavy atom. The van der Waals surface area contributed by atoms with Gasteiger partial charge in [0.2, 0.25) is 0 Å². The van der Waals surface area contributed by atoms with E-state index < -0.39 is 38.9 Å². The first kappa shape index (κ1) is 22.7. The first-order valence-corrected chi connectivity index (χ1v) is 11.8. The summed E-state index contributed by atoms with van der Waals surface area (Å²) >= 11 is 6.42. The number of urea groups is 1. The highest BCUT2D eigenvalue weighted by Crippen LogP contribution is 2.26. The lowest BCUT2D eigenvalue weighted by molar-refractivity contribution is 0.256. The monoisotopic (exact) mass is 510 g/mol. The van der Waals surface area contributed by atoms with E-state index in [1.165, 1.54) is 18.2 Å². The molecule has 0 saturated heterocycles. The highest BCUT2D eigenvalue weighted by molar-refractivity contribution is 7.92. The summed E-state index contributed by atoms with van der Waals surface area (Å²) in [5, 5.41) is 4.69. The van der Waals surface area contributed by atoms with Crippen molar-refractivity contribution in [2.45, 2.75) is 4.21 Å². The number of amides is 2. The number of halogens is 3. The molecule has 2 aromatic carbocycles. The van der Waals surface area contributed by atoms with Gasteiger partial charge < -0.3 is 5.32 Å². The summed E-state index contributed by atoms with van der Waals surface area (Å²) in [4.78, 5) is 24.4. The van der Waals surface area contributed by atoms with Crippen LogP contribution in [-0.4, -0.2) is 24.2 Å². The van der Waals surface area contributed by atoms with Crippen LogP contribution in [0.15, 0.2) is 69.7 Å². The molecule has 170 valence electrons. The number of anilines is 1. The molecule has 4 rings (SSSR count). The Hall–Kier alpha value is -3.48. The number of hydrogen-bond acceptors (Lipinski definition) is 5. The van der Waals surface area contributed by atoms with Crippen molar-refractivity contribution in [2.75, 3.05) is 5.32 Å². The maximum atomic E-state index is 14.7. The van der Waals surface area contributed by atoms with Crippen molar-refractivity contribution in [2.24, 2.45) is 0 Å². The second-order valence-electron chi connectivity index (χ2n) is 6.62. The summed E-state index contributed by atoms with van der Waals surface area (Å²) in [6.45, 7) is 0. The van der Waals surface area contributed by atoms with Crippen molar-refractivity contribution in [3.8, 4) is 16.9 Å². The fourth-order valence-corrected chi connectivity index (χ4v) is 5.34. The van der Waals surface area contributed by atoms with E-state index in [-0.39, 0.29) is 14.2 Å². The maximum Gasteiger partial charge on any atom is 0.333 e. The van der Waals surface area contributed by atoms with E-state index in [4.69, 9.17) is 11.6 Å². The molecular formula is C20H13ClF2N4O4S2. The molecule has 0 spiro atoms. The Bertz CT molecular complexity index is 1490. The Morgan fingerprint density at radius 3 is 2.30 bits per heavy atom. The molecule has 2 heterocycles. The number of aromatic amines is 1. The smallest absolute Gasteiger partial charge is 0.307 e. The lowest BCUT2D eigenvalue weighted by Gasteiger charge is -2.11. The second-order valence-corrected chi connectivity index (χ2v) is 10.2. The number of nitrogens with one attached hydrogen (secondary N) is 3. The van der Waals surface area contributed by atoms with Crippen molar-refractivity contribution in [3.05, 3.63) is 87.0 Å². The van der Waals surface area contributed by atoms with Gasteiger partial charge in [0, 0.05) is 11.8 Å². The third-order valence-corrected chi connectivity index (χ3v) is 7.40. The summed E-state index contributed by atoms with van der Waals surface area (Å²) in [6, 6.07) is 12.7. The van der Waals surface area contributed by atoms with Gasteiger partial charge in [0.1, 0.15) is 9.90 Å². The quantitative estimate of drug-likeness (QED) is 0.371. The van der Waals surface area contributed by atoms with Gasteiger partial charge in [0.25, 0.3) is 15.6 Å². The average Bonchev–Trinajstić information content (AvgIpc) is 3.34. The van der Waals surface area contributed by atoms with Crippen molar-refractivity contribution in [1.29, 1.82) is 0 Å². The topological polar surface area (TPSA) is 113 Å². The third kappa shape index (κ3) is 4.82. The molecule has 2 aromatic heterocycles. The van der Waals surface area contributed by atoms with E-state index in [1.54, 1.807) is 35.1 Å². The van der Waals surface area contributed by atoms with Gasteiger partial charge >= 0.3 is 6.03 Å². The zero-order valence-corrected chi connectivity index (χ0v) is 18.7. The lowest BCUT2D eigenvalue weighted by atomic mass is 10.2. The van der Waals surface area contributed by atoms with Gasteiger partial charge in [-0.2, -0.15) is 0 Å². The molecule has 4 aromatic rings. The molecule has 0 unspecified atom stereocenters. The van der Waals surface area contributed by atoms with Crippen LogP contribution in [0.3, 0.4) is 0 Å². The molecule has 13 heteroatoms. The number of benzene rings is 2. The predicted octanol–water partition coefficient (Wildman–Crippen LogP) is 4.34. The van der Waals surface area contributed by atoms with Crippen LogP contribution in [0.25, 0.3) is 16.9 Å². The Labute approximate surface area is 194 Å². The molecule has 0 fully saturated rings. The standard InChI is InChI=1S/C20H13ClF2N4O4S2/c21-16-6-7-18(32-16)33(30,31)26-20(29)24-12-8-13(22)19(14(23)9-12)27-17(28)10-15(25-27)11-4-2-1-3-5-11/h1-10,25H,(H2,24,26,29). The minimum absolute atomic E-state index is 0.200. The van der Waals surface area contributed by atoms with Crippen molar-refractivity contribution < 1.29 is 22.0 Å². The zero-order valence-electron chi connectivity index (χ0n) is 16.3. The van der Waals surface area contributed by atoms with Crippen LogP contribution in [0.5, 0.6) is 0 Å². The minimum Gasteiger partial charge on any atom is -0.307 e. The van der Waals surface area contributed by atoms with Crippen LogP contribution in [-0.2, 0) is 10.0 Å².